The van der Waals surface area contributed by atoms with E-state index in [2.05, 4.69) is 17.0 Å². The number of hydrazone groups is 1. The van der Waals surface area contributed by atoms with Gasteiger partial charge < -0.3 is 24.1 Å². The fourth-order valence-corrected chi connectivity index (χ4v) is 0.879. The van der Waals surface area contributed by atoms with E-state index in [1.54, 1.807) is 13.3 Å². The van der Waals surface area contributed by atoms with Gasteiger partial charge >= 0.3 is 0 Å². The standard InChI is InChI=1S/C9H19N3O.H2S.Sb/c1-3-4-5-6-11-7-9(12-10)8-13-2;;/h7H,3-6,8,10H2,1-2H3;1H2;/p-1/b11-7?,12-9+;;. The van der Waals surface area contributed by atoms with Crippen molar-refractivity contribution in [3.63, 3.8) is 0 Å². The summed E-state index contributed by atoms with van der Waals surface area (Å²) in [6.45, 7) is 3.44. The molecule has 0 unspecified atom stereocenters. The van der Waals surface area contributed by atoms with E-state index >= 15 is 0 Å². The quantitative estimate of drug-likeness (QED) is 0.140. The fraction of sp³-hybridized carbons (Fsp3) is 0.778. The van der Waals surface area contributed by atoms with Gasteiger partial charge in [-0.15, -0.1) is 0 Å². The van der Waals surface area contributed by atoms with Gasteiger partial charge in [0.1, 0.15) is 5.71 Å². The predicted octanol–water partition coefficient (Wildman–Crippen LogP) is 0.558. The molecule has 0 rings (SSSR count). The number of hydrogen-bond donors (Lipinski definition) is 1. The molecule has 89 valence electrons. The van der Waals surface area contributed by atoms with Crippen LogP contribution in [0.1, 0.15) is 26.2 Å². The SMILES string of the molecule is CCCCCN=C/C(COC)=N\N.[SH-].[Sb]. The predicted molar refractivity (Wildman–Crippen MR) is 70.9 cm³/mol. The number of aliphatic imine (C=N–C) groups is 1. The molecule has 0 aliphatic rings. The zero-order valence-electron chi connectivity index (χ0n) is 9.39. The summed E-state index contributed by atoms with van der Waals surface area (Å²) in [5, 5.41) is 3.54. The van der Waals surface area contributed by atoms with Crippen LogP contribution in [0.2, 0.25) is 0 Å². The largest absolute Gasteiger partial charge is 0.813 e. The van der Waals surface area contributed by atoms with Gasteiger partial charge in [0, 0.05) is 44.3 Å². The molecule has 0 aromatic rings. The minimum Gasteiger partial charge on any atom is -0.813 e. The zero-order chi connectivity index (χ0) is 9.94. The molecule has 0 aromatic carbocycles. The smallest absolute Gasteiger partial charge is 0.103 e. The molecule has 0 saturated carbocycles. The van der Waals surface area contributed by atoms with Gasteiger partial charge in [0.15, 0.2) is 0 Å². The fourth-order valence-electron chi connectivity index (χ4n) is 0.879. The first-order valence-electron chi connectivity index (χ1n) is 4.60. The second-order valence-electron chi connectivity index (χ2n) is 2.80. The number of rotatable bonds is 7. The molecule has 0 aliphatic carbocycles. The van der Waals surface area contributed by atoms with Crippen LogP contribution < -0.4 is 5.84 Å². The molecule has 6 heteroatoms. The number of ether oxygens (including phenoxy) is 1. The maximum Gasteiger partial charge on any atom is 0.103 e. The number of methoxy groups -OCH3 is 1. The van der Waals surface area contributed by atoms with Crippen LogP contribution >= 0.6 is 0 Å². The number of nitrogens with zero attached hydrogens (tertiary/aromatic N) is 2. The van der Waals surface area contributed by atoms with E-state index in [0.717, 1.165) is 13.0 Å². The van der Waals surface area contributed by atoms with E-state index in [4.69, 9.17) is 10.6 Å². The summed E-state index contributed by atoms with van der Waals surface area (Å²) in [5.41, 5.74) is 0.680. The topological polar surface area (TPSA) is 60.0 Å². The van der Waals surface area contributed by atoms with Crippen molar-refractivity contribution in [2.75, 3.05) is 20.3 Å². The maximum atomic E-state index is 5.12. The van der Waals surface area contributed by atoms with Crippen LogP contribution in [0.25, 0.3) is 0 Å². The van der Waals surface area contributed by atoms with Crippen LogP contribution in [0, 0.1) is 0 Å². The zero-order valence-corrected chi connectivity index (χ0v) is 12.8. The summed E-state index contributed by atoms with van der Waals surface area (Å²) < 4.78 is 4.87. The van der Waals surface area contributed by atoms with E-state index in [1.165, 1.54) is 12.8 Å². The van der Waals surface area contributed by atoms with E-state index in [9.17, 15) is 0 Å². The van der Waals surface area contributed by atoms with Crippen molar-refractivity contribution in [3.8, 4) is 0 Å². The summed E-state index contributed by atoms with van der Waals surface area (Å²) in [4.78, 5) is 4.18. The molecular weight excluding hydrogens is 320 g/mol. The summed E-state index contributed by atoms with van der Waals surface area (Å²) in [5.74, 6) is 5.12. The van der Waals surface area contributed by atoms with E-state index in [1.807, 2.05) is 0 Å². The van der Waals surface area contributed by atoms with E-state index < -0.39 is 0 Å². The molecule has 3 radical (unpaired) electrons. The van der Waals surface area contributed by atoms with Gasteiger partial charge in [-0.3, -0.25) is 4.99 Å². The molecule has 0 saturated heterocycles. The van der Waals surface area contributed by atoms with E-state index in [0.29, 0.717) is 12.3 Å². The average molecular weight is 340 g/mol. The van der Waals surface area contributed by atoms with Crippen molar-refractivity contribution < 1.29 is 4.74 Å². The Morgan fingerprint density at radius 3 is 2.53 bits per heavy atom. The van der Waals surface area contributed by atoms with Crippen LogP contribution in [0.5, 0.6) is 0 Å². The first-order chi connectivity index (χ1) is 6.35. The third kappa shape index (κ3) is 14.3. The molecular formula is C9H20N3OSSb-. The Kier molecular flexibility index (Phi) is 23.0. The Morgan fingerprint density at radius 1 is 1.40 bits per heavy atom. The van der Waals surface area contributed by atoms with Gasteiger partial charge in [-0.05, 0) is 6.42 Å². The third-order valence-corrected chi connectivity index (χ3v) is 1.59. The van der Waals surface area contributed by atoms with Gasteiger partial charge in [0.25, 0.3) is 0 Å². The van der Waals surface area contributed by atoms with Crippen molar-refractivity contribution in [3.05, 3.63) is 0 Å². The number of nitrogens with two attached hydrogens (primary N) is 1. The van der Waals surface area contributed by atoms with Crippen LogP contribution in [0.4, 0.5) is 0 Å². The Balaban J connectivity index is -0.000000720. The molecule has 2 N–H and O–H groups in total. The van der Waals surface area contributed by atoms with Gasteiger partial charge in [-0.1, -0.05) is 19.8 Å². The summed E-state index contributed by atoms with van der Waals surface area (Å²) in [7, 11) is 1.61. The van der Waals surface area contributed by atoms with Crippen molar-refractivity contribution in [1.82, 2.24) is 0 Å². The Morgan fingerprint density at radius 2 is 2.07 bits per heavy atom. The van der Waals surface area contributed by atoms with Crippen LogP contribution in [-0.2, 0) is 18.2 Å². The minimum atomic E-state index is 0. The summed E-state index contributed by atoms with van der Waals surface area (Å²) in [6.07, 6.45) is 5.24. The molecule has 15 heavy (non-hydrogen) atoms. The first-order valence-corrected chi connectivity index (χ1v) is 4.60. The Bertz CT molecular complexity index is 177. The first kappa shape index (κ1) is 20.7. The number of hydrogen-bond acceptors (Lipinski definition) is 5. The van der Waals surface area contributed by atoms with Crippen molar-refractivity contribution in [2.24, 2.45) is 15.9 Å². The molecule has 0 aliphatic heterocycles. The minimum absolute atomic E-state index is 0. The molecule has 0 bridgehead atoms. The van der Waals surface area contributed by atoms with Gasteiger partial charge in [-0.25, -0.2) is 0 Å². The third-order valence-electron chi connectivity index (χ3n) is 1.59. The summed E-state index contributed by atoms with van der Waals surface area (Å²) >= 11 is 0. The molecule has 0 amide bonds. The second kappa shape index (κ2) is 16.7. The number of unbranched alkanes of at least 4 members (excludes halogenated alkanes) is 2. The molecule has 0 atom stereocenters. The van der Waals surface area contributed by atoms with Gasteiger partial charge in [-0.2, -0.15) is 5.10 Å². The second-order valence-corrected chi connectivity index (χ2v) is 2.80. The summed E-state index contributed by atoms with van der Waals surface area (Å²) in [6, 6.07) is 0. The molecule has 0 aromatic heterocycles. The molecule has 0 heterocycles. The molecule has 4 nitrogen and oxygen atoms in total. The maximum absolute atomic E-state index is 5.12. The van der Waals surface area contributed by atoms with E-state index in [-0.39, 0.29) is 37.9 Å². The normalized spacial score (nSPS) is 10.9. The van der Waals surface area contributed by atoms with Crippen LogP contribution in [0.15, 0.2) is 10.1 Å². The molecule has 0 spiro atoms. The van der Waals surface area contributed by atoms with Crippen molar-refractivity contribution >= 4 is 49.8 Å². The van der Waals surface area contributed by atoms with Crippen LogP contribution in [-0.4, -0.2) is 56.6 Å². The van der Waals surface area contributed by atoms with Gasteiger partial charge in [0.05, 0.1) is 6.61 Å². The van der Waals surface area contributed by atoms with Crippen molar-refractivity contribution in [2.45, 2.75) is 26.2 Å². The Labute approximate surface area is 117 Å². The number of thiol groups is 1. The average Bonchev–Trinajstić information content (AvgIpc) is 2.16. The molecule has 0 fully saturated rings. The van der Waals surface area contributed by atoms with Crippen molar-refractivity contribution in [1.29, 1.82) is 0 Å². The van der Waals surface area contributed by atoms with Crippen LogP contribution in [0.3, 0.4) is 0 Å². The monoisotopic (exact) mass is 339 g/mol. The Hall–Kier alpha value is 0.268. The van der Waals surface area contributed by atoms with Gasteiger partial charge in [0.2, 0.25) is 0 Å².